The van der Waals surface area contributed by atoms with E-state index in [0.29, 0.717) is 36.0 Å². The number of carbonyl (C=O) groups is 3. The maximum Gasteiger partial charge on any atom is 0.471 e. The Morgan fingerprint density at radius 2 is 1.71 bits per heavy atom. The van der Waals surface area contributed by atoms with Crippen LogP contribution in [0.5, 0.6) is 11.5 Å². The first-order valence-electron chi connectivity index (χ1n) is 23.1. The summed E-state index contributed by atoms with van der Waals surface area (Å²) >= 11 is 6.27. The maximum absolute atomic E-state index is 14.5. The molecule has 3 aliphatic carbocycles. The molecule has 17 heteroatoms. The van der Waals surface area contributed by atoms with Gasteiger partial charge >= 0.3 is 24.0 Å². The van der Waals surface area contributed by atoms with E-state index in [4.69, 9.17) is 30.5 Å². The Morgan fingerprint density at radius 3 is 2.40 bits per heavy atom. The Kier molecular flexibility index (Phi) is 15.8. The van der Waals surface area contributed by atoms with E-state index < -0.39 is 51.0 Å². The molecule has 1 aromatic heterocycles. The van der Waals surface area contributed by atoms with Crippen molar-refractivity contribution >= 4 is 45.2 Å². The molecule has 366 valence electrons. The molecule has 4 aromatic rings. The van der Waals surface area contributed by atoms with E-state index in [-0.39, 0.29) is 73.4 Å². The second kappa shape index (κ2) is 21.2. The monoisotopic (exact) mass is 981 g/mol. The van der Waals surface area contributed by atoms with Gasteiger partial charge in [-0.05, 0) is 147 Å². The highest BCUT2D eigenvalue weighted by molar-refractivity contribution is 7.89. The zero-order valence-electron chi connectivity index (χ0n) is 38.8. The van der Waals surface area contributed by atoms with E-state index in [1.54, 1.807) is 30.5 Å². The van der Waals surface area contributed by atoms with Gasteiger partial charge < -0.3 is 18.9 Å². The van der Waals surface area contributed by atoms with Gasteiger partial charge in [-0.1, -0.05) is 67.9 Å². The summed E-state index contributed by atoms with van der Waals surface area (Å²) in [4.78, 5) is 45.2. The number of aryl methyl sites for hydroxylation is 1. The third kappa shape index (κ3) is 11.1. The molecular formula is C51H59ClF3N3O9S. The largest absolute Gasteiger partial charge is 0.494 e. The molecule has 3 aromatic carbocycles. The van der Waals surface area contributed by atoms with Crippen LogP contribution < -0.4 is 19.1 Å². The predicted molar refractivity (Wildman–Crippen MR) is 251 cm³/mol. The van der Waals surface area contributed by atoms with Gasteiger partial charge in [0.2, 0.25) is 10.0 Å². The molecule has 1 unspecified atom stereocenters. The number of hydrogen-bond donors (Lipinski definition) is 1. The standard InChI is InChI=1S/C51H59ClF3N3O9S/c1-33(32-67-44-19-24-56-42-16-8-11-34(2)45(42)44)27-37-29-36-17-18-40(66-25-10-26-68(62,63)57-43(46(59)64-3)28-35-12-6-5-7-13-35)31-41(36)49(37)20-22-50(23-21-49,48(61)65-4)58(47(60)51(53,54)55)39-15-9-14-38(52)30-39/h5-7,9,12-15,17-19,24,30-31,33-34,37,43,57H,8,10-11,16,20-23,25-29,32H2,1-4H3/t33-,34-,37+,43?,49?,50?/m1/s1. The van der Waals surface area contributed by atoms with Crippen LogP contribution in [-0.4, -0.2) is 82.2 Å². The minimum absolute atomic E-state index is 0.0169. The van der Waals surface area contributed by atoms with Crippen LogP contribution in [0.4, 0.5) is 18.9 Å². The average Bonchev–Trinajstić information content (AvgIpc) is 3.60. The maximum atomic E-state index is 14.5. The first kappa shape index (κ1) is 50.7. The van der Waals surface area contributed by atoms with Gasteiger partial charge in [-0.2, -0.15) is 13.2 Å². The number of carbonyl (C=O) groups excluding carboxylic acids is 3. The number of hydrogen-bond acceptors (Lipinski definition) is 10. The summed E-state index contributed by atoms with van der Waals surface area (Å²) in [6, 6.07) is 21.0. The number of halogens is 4. The number of nitrogens with zero attached hydrogens (tertiary/aromatic N) is 2. The van der Waals surface area contributed by atoms with Crippen molar-refractivity contribution in [2.24, 2.45) is 11.8 Å². The second-order valence-electron chi connectivity index (χ2n) is 18.5. The number of esters is 2. The van der Waals surface area contributed by atoms with Crippen molar-refractivity contribution in [1.82, 2.24) is 9.71 Å². The van der Waals surface area contributed by atoms with Crippen molar-refractivity contribution in [3.05, 3.63) is 118 Å². The number of amides is 1. The third-order valence-corrected chi connectivity index (χ3v) is 15.7. The first-order valence-corrected chi connectivity index (χ1v) is 25.2. The minimum Gasteiger partial charge on any atom is -0.494 e. The fourth-order valence-corrected chi connectivity index (χ4v) is 12.2. The van der Waals surface area contributed by atoms with Crippen molar-refractivity contribution < 1.29 is 54.9 Å². The fraction of sp³-hybridized carbons (Fsp3) is 0.490. The number of sulfonamides is 1. The van der Waals surface area contributed by atoms with Crippen molar-refractivity contribution in [3.63, 3.8) is 0 Å². The van der Waals surface area contributed by atoms with Crippen LogP contribution in [0, 0.1) is 11.8 Å². The molecule has 68 heavy (non-hydrogen) atoms. The van der Waals surface area contributed by atoms with Gasteiger partial charge in [0, 0.05) is 28.2 Å². The molecule has 0 aliphatic heterocycles. The zero-order chi connectivity index (χ0) is 48.9. The van der Waals surface area contributed by atoms with Crippen molar-refractivity contribution in [3.8, 4) is 11.5 Å². The number of anilines is 1. The fourth-order valence-electron chi connectivity index (χ4n) is 10.8. The van der Waals surface area contributed by atoms with Crippen LogP contribution in [0.2, 0.25) is 5.02 Å². The van der Waals surface area contributed by atoms with Gasteiger partial charge in [-0.15, -0.1) is 0 Å². The SMILES string of the molecule is COC(=O)C(Cc1ccccc1)NS(=O)(=O)CCCOc1ccc2c(c1)C1(CCC(C(=O)OC)(N(C(=O)C(F)(F)F)c3cccc(Cl)c3)CC1)[C@@H](C[C@@H](C)COc1ccnc3c1[C@H](C)CCC3)C2. The summed E-state index contributed by atoms with van der Waals surface area (Å²) in [6.07, 6.45) is 1.16. The molecule has 0 bridgehead atoms. The summed E-state index contributed by atoms with van der Waals surface area (Å²) in [5.74, 6) is -2.59. The van der Waals surface area contributed by atoms with E-state index in [1.165, 1.54) is 31.4 Å². The highest BCUT2D eigenvalue weighted by atomic mass is 35.5. The number of fused-ring (bicyclic) bond motifs is 3. The number of ether oxygens (including phenoxy) is 4. The number of benzene rings is 3. The highest BCUT2D eigenvalue weighted by Crippen LogP contribution is 2.58. The summed E-state index contributed by atoms with van der Waals surface area (Å²) in [5, 5.41) is 0.0901. The lowest BCUT2D eigenvalue weighted by molar-refractivity contribution is -0.174. The van der Waals surface area contributed by atoms with Crippen molar-refractivity contribution in [2.75, 3.05) is 38.1 Å². The molecule has 0 saturated heterocycles. The van der Waals surface area contributed by atoms with Crippen LogP contribution in [0.25, 0.3) is 0 Å². The van der Waals surface area contributed by atoms with E-state index in [2.05, 4.69) is 23.6 Å². The van der Waals surface area contributed by atoms with Gasteiger partial charge in [0.1, 0.15) is 23.1 Å². The molecule has 1 amide bonds. The summed E-state index contributed by atoms with van der Waals surface area (Å²) in [6.45, 7) is 4.74. The number of aromatic nitrogens is 1. The minimum atomic E-state index is -5.32. The molecule has 12 nitrogen and oxygen atoms in total. The number of nitrogens with one attached hydrogen (secondary N) is 1. The third-order valence-electron chi connectivity index (χ3n) is 14.0. The van der Waals surface area contributed by atoms with Gasteiger partial charge in [0.25, 0.3) is 0 Å². The Bertz CT molecular complexity index is 2550. The summed E-state index contributed by atoms with van der Waals surface area (Å²) < 4.78 is 95.4. The summed E-state index contributed by atoms with van der Waals surface area (Å²) in [5.41, 5.74) is 2.06. The van der Waals surface area contributed by atoms with Crippen molar-refractivity contribution in [2.45, 2.75) is 114 Å². The Labute approximate surface area is 401 Å². The number of rotatable bonds is 18. The van der Waals surface area contributed by atoms with Gasteiger partial charge in [0.05, 0.1) is 33.2 Å². The normalized spacial score (nSPS) is 22.1. The first-order chi connectivity index (χ1) is 32.4. The number of alkyl halides is 3. The molecule has 7 rings (SSSR count). The predicted octanol–water partition coefficient (Wildman–Crippen LogP) is 9.24. The molecule has 1 fully saturated rings. The van der Waals surface area contributed by atoms with Gasteiger partial charge in [-0.3, -0.25) is 19.5 Å². The van der Waals surface area contributed by atoms with E-state index in [0.717, 1.165) is 60.1 Å². The second-order valence-corrected chi connectivity index (χ2v) is 20.8. The lowest BCUT2D eigenvalue weighted by Gasteiger charge is -2.51. The molecule has 1 spiro atoms. The van der Waals surface area contributed by atoms with Crippen LogP contribution >= 0.6 is 11.6 Å². The molecule has 1 saturated carbocycles. The topological polar surface area (TPSA) is 150 Å². The van der Waals surface area contributed by atoms with Crippen molar-refractivity contribution in [1.29, 1.82) is 0 Å². The molecule has 1 heterocycles. The van der Waals surface area contributed by atoms with Crippen LogP contribution in [0.15, 0.2) is 85.1 Å². The summed E-state index contributed by atoms with van der Waals surface area (Å²) in [7, 11) is -1.64. The molecule has 3 aliphatic rings. The van der Waals surface area contributed by atoms with E-state index >= 15 is 0 Å². The van der Waals surface area contributed by atoms with E-state index in [9.17, 15) is 36.0 Å². The Morgan fingerprint density at radius 1 is 0.956 bits per heavy atom. The van der Waals surface area contributed by atoms with Gasteiger partial charge in [-0.25, -0.2) is 17.9 Å². The molecule has 4 atom stereocenters. The number of methoxy groups -OCH3 is 2. The highest BCUT2D eigenvalue weighted by Gasteiger charge is 2.60. The Hall–Kier alpha value is -5.19. The molecule has 0 radical (unpaired) electrons. The van der Waals surface area contributed by atoms with Crippen LogP contribution in [0.1, 0.15) is 99.1 Å². The zero-order valence-corrected chi connectivity index (χ0v) is 40.4. The average molecular weight is 983 g/mol. The number of pyridine rings is 1. The molecular weight excluding hydrogens is 923 g/mol. The smallest absolute Gasteiger partial charge is 0.471 e. The lowest BCUT2D eigenvalue weighted by Crippen LogP contribution is -2.63. The van der Waals surface area contributed by atoms with Crippen LogP contribution in [-0.2, 0) is 58.6 Å². The quantitative estimate of drug-likeness (QED) is 0.0755. The lowest BCUT2D eigenvalue weighted by atomic mass is 9.59. The van der Waals surface area contributed by atoms with Crippen LogP contribution in [0.3, 0.4) is 0 Å². The Balaban J connectivity index is 1.13. The molecule has 1 N–H and O–H groups in total. The van der Waals surface area contributed by atoms with E-state index in [1.807, 2.05) is 30.3 Å². The van der Waals surface area contributed by atoms with Gasteiger partial charge in [0.15, 0.2) is 0 Å².